The van der Waals surface area contributed by atoms with E-state index in [1.54, 1.807) is 5.56 Å². The number of fused-ring (bicyclic) bond motifs is 1. The van der Waals surface area contributed by atoms with Gasteiger partial charge in [0, 0.05) is 18.5 Å². The Morgan fingerprint density at radius 2 is 1.89 bits per heavy atom. The summed E-state index contributed by atoms with van der Waals surface area (Å²) < 4.78 is 5.78. The number of nitrogens with one attached hydrogen (secondary N) is 1. The van der Waals surface area contributed by atoms with Crippen LogP contribution in [0.2, 0.25) is 0 Å². The zero-order chi connectivity index (χ0) is 12.5. The molecule has 0 radical (unpaired) electrons. The van der Waals surface area contributed by atoms with Gasteiger partial charge in [-0.2, -0.15) is 0 Å². The summed E-state index contributed by atoms with van der Waals surface area (Å²) in [5.74, 6) is 0.731. The van der Waals surface area contributed by atoms with Crippen LogP contribution in [0.1, 0.15) is 43.7 Å². The fraction of sp³-hybridized carbons (Fsp3) is 0.625. The van der Waals surface area contributed by atoms with Crippen molar-refractivity contribution in [3.63, 3.8) is 0 Å². The highest BCUT2D eigenvalue weighted by molar-refractivity contribution is 5.40. The molecule has 18 heavy (non-hydrogen) atoms. The average Bonchev–Trinajstić information content (AvgIpc) is 2.29. The van der Waals surface area contributed by atoms with Crippen LogP contribution in [-0.2, 0) is 11.2 Å². The lowest BCUT2D eigenvalue weighted by atomic mass is 9.77. The van der Waals surface area contributed by atoms with Crippen LogP contribution >= 0.6 is 0 Å². The molecule has 1 saturated heterocycles. The molecule has 1 fully saturated rings. The summed E-state index contributed by atoms with van der Waals surface area (Å²) >= 11 is 0. The van der Waals surface area contributed by atoms with Crippen molar-refractivity contribution in [2.24, 2.45) is 0 Å². The molecule has 3 rings (SSSR count). The van der Waals surface area contributed by atoms with Crippen LogP contribution in [0.5, 0.6) is 0 Å². The van der Waals surface area contributed by atoms with Gasteiger partial charge in [-0.15, -0.1) is 0 Å². The lowest BCUT2D eigenvalue weighted by Gasteiger charge is -2.36. The molecule has 1 aliphatic carbocycles. The highest BCUT2D eigenvalue weighted by atomic mass is 16.5. The number of ether oxygens (including phenoxy) is 1. The van der Waals surface area contributed by atoms with Crippen molar-refractivity contribution in [1.29, 1.82) is 0 Å². The van der Waals surface area contributed by atoms with Crippen LogP contribution in [0.15, 0.2) is 24.3 Å². The maximum absolute atomic E-state index is 5.78. The number of rotatable bonds is 3. The number of benzene rings is 1. The smallest absolute Gasteiger partial charge is 0.0565 e. The molecule has 0 bridgehead atoms. The minimum atomic E-state index is 0.403. The summed E-state index contributed by atoms with van der Waals surface area (Å²) in [4.78, 5) is 0. The summed E-state index contributed by atoms with van der Waals surface area (Å²) in [7, 11) is 0. The average molecular weight is 245 g/mol. The van der Waals surface area contributed by atoms with E-state index >= 15 is 0 Å². The molecule has 2 aliphatic rings. The van der Waals surface area contributed by atoms with Crippen molar-refractivity contribution in [3.05, 3.63) is 35.4 Å². The van der Waals surface area contributed by atoms with Gasteiger partial charge in [0.1, 0.15) is 0 Å². The van der Waals surface area contributed by atoms with Crippen molar-refractivity contribution in [1.82, 2.24) is 5.32 Å². The topological polar surface area (TPSA) is 21.3 Å². The third kappa shape index (κ3) is 2.45. The van der Waals surface area contributed by atoms with Crippen LogP contribution in [0.25, 0.3) is 0 Å². The van der Waals surface area contributed by atoms with E-state index in [9.17, 15) is 0 Å². The van der Waals surface area contributed by atoms with Crippen molar-refractivity contribution in [3.8, 4) is 0 Å². The number of hydrogen-bond donors (Lipinski definition) is 1. The van der Waals surface area contributed by atoms with Crippen LogP contribution < -0.4 is 5.32 Å². The fourth-order valence-electron chi connectivity index (χ4n) is 3.43. The third-order valence-corrected chi connectivity index (χ3v) is 4.31. The van der Waals surface area contributed by atoms with E-state index in [0.717, 1.165) is 25.3 Å². The lowest BCUT2D eigenvalue weighted by Crippen LogP contribution is -2.43. The van der Waals surface area contributed by atoms with Crippen LogP contribution in [0, 0.1) is 0 Å². The Bertz CT molecular complexity index is 407. The van der Waals surface area contributed by atoms with Gasteiger partial charge >= 0.3 is 0 Å². The molecule has 0 saturated carbocycles. The van der Waals surface area contributed by atoms with E-state index in [4.69, 9.17) is 4.74 Å². The van der Waals surface area contributed by atoms with Crippen LogP contribution in [0.3, 0.4) is 0 Å². The molecule has 0 aromatic heterocycles. The predicted octanol–water partition coefficient (Wildman–Crippen LogP) is 2.87. The third-order valence-electron chi connectivity index (χ3n) is 4.31. The predicted molar refractivity (Wildman–Crippen MR) is 73.9 cm³/mol. The highest BCUT2D eigenvalue weighted by Crippen LogP contribution is 2.34. The molecule has 98 valence electrons. The highest BCUT2D eigenvalue weighted by Gasteiger charge is 2.28. The molecule has 1 N–H and O–H groups in total. The summed E-state index contributed by atoms with van der Waals surface area (Å²) in [6.07, 6.45) is 4.36. The lowest BCUT2D eigenvalue weighted by molar-refractivity contribution is -0.0422. The quantitative estimate of drug-likeness (QED) is 0.884. The van der Waals surface area contributed by atoms with Gasteiger partial charge in [0.2, 0.25) is 0 Å². The van der Waals surface area contributed by atoms with Crippen molar-refractivity contribution in [2.45, 2.75) is 57.3 Å². The van der Waals surface area contributed by atoms with Crippen LogP contribution in [0.4, 0.5) is 0 Å². The first kappa shape index (κ1) is 12.2. The van der Waals surface area contributed by atoms with Gasteiger partial charge in [0.25, 0.3) is 0 Å². The maximum Gasteiger partial charge on any atom is 0.0565 e. The van der Waals surface area contributed by atoms with E-state index in [1.165, 1.54) is 12.0 Å². The second kappa shape index (κ2) is 5.02. The first-order chi connectivity index (χ1) is 8.72. The SMILES string of the molecule is CC1CC(NCC2Cc3ccccc32)CC(C)O1. The van der Waals surface area contributed by atoms with Gasteiger partial charge < -0.3 is 10.1 Å². The largest absolute Gasteiger partial charge is 0.375 e. The molecule has 3 atom stereocenters. The first-order valence-corrected chi connectivity index (χ1v) is 7.19. The van der Waals surface area contributed by atoms with Crippen molar-refractivity contribution >= 4 is 0 Å². The molecule has 2 heteroatoms. The summed E-state index contributed by atoms with van der Waals surface area (Å²) in [6.45, 7) is 5.49. The molecular formula is C16H23NO. The van der Waals surface area contributed by atoms with E-state index in [0.29, 0.717) is 18.2 Å². The Hall–Kier alpha value is -0.860. The van der Waals surface area contributed by atoms with Crippen LogP contribution in [-0.4, -0.2) is 24.8 Å². The van der Waals surface area contributed by atoms with E-state index < -0.39 is 0 Å². The van der Waals surface area contributed by atoms with Gasteiger partial charge in [-0.3, -0.25) is 0 Å². The molecule has 1 aromatic rings. The Labute approximate surface area is 110 Å². The van der Waals surface area contributed by atoms with Gasteiger partial charge in [0.15, 0.2) is 0 Å². The van der Waals surface area contributed by atoms with E-state index in [1.807, 2.05) is 0 Å². The second-order valence-corrected chi connectivity index (χ2v) is 5.93. The summed E-state index contributed by atoms with van der Waals surface area (Å²) in [6, 6.07) is 9.47. The zero-order valence-corrected chi connectivity index (χ0v) is 11.4. The Morgan fingerprint density at radius 3 is 2.61 bits per heavy atom. The van der Waals surface area contributed by atoms with Crippen molar-refractivity contribution < 1.29 is 4.74 Å². The van der Waals surface area contributed by atoms with Gasteiger partial charge in [-0.25, -0.2) is 0 Å². The molecule has 2 nitrogen and oxygen atoms in total. The minimum absolute atomic E-state index is 0.403. The molecule has 0 amide bonds. The summed E-state index contributed by atoms with van der Waals surface area (Å²) in [5, 5.41) is 3.75. The Balaban J connectivity index is 1.51. The Kier molecular flexibility index (Phi) is 3.40. The second-order valence-electron chi connectivity index (χ2n) is 5.93. The van der Waals surface area contributed by atoms with Crippen molar-refractivity contribution in [2.75, 3.05) is 6.54 Å². The standard InChI is InChI=1S/C16H23NO/c1-11-7-15(8-12(2)18-11)17-10-14-9-13-5-3-4-6-16(13)14/h3-6,11-12,14-15,17H,7-10H2,1-2H3. The number of hydrogen-bond acceptors (Lipinski definition) is 2. The van der Waals surface area contributed by atoms with E-state index in [2.05, 4.69) is 43.4 Å². The molecule has 0 spiro atoms. The van der Waals surface area contributed by atoms with Gasteiger partial charge in [-0.05, 0) is 44.2 Å². The van der Waals surface area contributed by atoms with Gasteiger partial charge in [0.05, 0.1) is 12.2 Å². The normalized spacial score (nSPS) is 34.8. The molecule has 1 aromatic carbocycles. The Morgan fingerprint density at radius 1 is 1.17 bits per heavy atom. The van der Waals surface area contributed by atoms with E-state index in [-0.39, 0.29) is 0 Å². The first-order valence-electron chi connectivity index (χ1n) is 7.19. The monoisotopic (exact) mass is 245 g/mol. The fourth-order valence-corrected chi connectivity index (χ4v) is 3.43. The summed E-state index contributed by atoms with van der Waals surface area (Å²) in [5.41, 5.74) is 3.09. The maximum atomic E-state index is 5.78. The van der Waals surface area contributed by atoms with Gasteiger partial charge in [-0.1, -0.05) is 24.3 Å². The minimum Gasteiger partial charge on any atom is -0.375 e. The molecule has 3 unspecified atom stereocenters. The molecule has 1 heterocycles. The molecular weight excluding hydrogens is 222 g/mol. The zero-order valence-electron chi connectivity index (χ0n) is 11.4. The molecule has 1 aliphatic heterocycles.